The Hall–Kier alpha value is -3.41. The smallest absolute Gasteiger partial charge is 0.387 e. The van der Waals surface area contributed by atoms with E-state index >= 15 is 0 Å². The number of amides is 1. The number of halogens is 2. The largest absolute Gasteiger partial charge is 0.434 e. The number of hydrogen-bond acceptors (Lipinski definition) is 2. The number of benzene rings is 3. The van der Waals surface area contributed by atoms with E-state index in [0.717, 1.165) is 16.4 Å². The van der Waals surface area contributed by atoms with Crippen LogP contribution in [0.15, 0.2) is 60.7 Å². The molecule has 0 atom stereocenters. The van der Waals surface area contributed by atoms with Gasteiger partial charge in [-0.25, -0.2) is 0 Å². The second kappa shape index (κ2) is 6.72. The molecule has 0 saturated carbocycles. The lowest BCUT2D eigenvalue weighted by molar-refractivity contribution is -0.0504. The molecule has 1 amide bonds. The molecular formula is C21H15F2N2O2. The van der Waals surface area contributed by atoms with Crippen LogP contribution in [0.5, 0.6) is 5.75 Å². The van der Waals surface area contributed by atoms with Crippen LogP contribution >= 0.6 is 0 Å². The molecule has 1 heterocycles. The lowest BCUT2D eigenvalue weighted by Gasteiger charge is -2.13. The van der Waals surface area contributed by atoms with Crippen molar-refractivity contribution in [2.75, 3.05) is 0 Å². The van der Waals surface area contributed by atoms with Gasteiger partial charge in [-0.2, -0.15) is 8.78 Å². The summed E-state index contributed by atoms with van der Waals surface area (Å²) in [5.41, 5.74) is 8.15. The second-order valence-electron chi connectivity index (χ2n) is 6.07. The molecule has 1 aromatic heterocycles. The normalized spacial score (nSPS) is 11.4. The van der Waals surface area contributed by atoms with Crippen LogP contribution in [0.25, 0.3) is 21.8 Å². The number of primary amides is 1. The highest BCUT2D eigenvalue weighted by molar-refractivity contribution is 6.17. The molecule has 0 bridgehead atoms. The van der Waals surface area contributed by atoms with Gasteiger partial charge in [0.15, 0.2) is 0 Å². The predicted molar refractivity (Wildman–Crippen MR) is 99.0 cm³/mol. The fraction of sp³-hybridized carbons (Fsp3) is 0.0952. The van der Waals surface area contributed by atoms with E-state index in [-0.39, 0.29) is 5.75 Å². The first-order valence-corrected chi connectivity index (χ1v) is 8.30. The molecule has 0 fully saturated rings. The number of rotatable bonds is 5. The van der Waals surface area contributed by atoms with Gasteiger partial charge in [0.05, 0.1) is 17.6 Å². The van der Waals surface area contributed by atoms with E-state index in [9.17, 15) is 13.6 Å². The molecule has 1 radical (unpaired) electrons. The van der Waals surface area contributed by atoms with E-state index in [1.54, 1.807) is 36.4 Å². The zero-order valence-electron chi connectivity index (χ0n) is 14.2. The fourth-order valence-electron chi connectivity index (χ4n) is 3.40. The van der Waals surface area contributed by atoms with Crippen molar-refractivity contribution in [3.63, 3.8) is 0 Å². The fourth-order valence-corrected chi connectivity index (χ4v) is 3.40. The first kappa shape index (κ1) is 17.0. The summed E-state index contributed by atoms with van der Waals surface area (Å²) in [6.07, 6.45) is 0. The summed E-state index contributed by atoms with van der Waals surface area (Å²) < 4.78 is 32.1. The van der Waals surface area contributed by atoms with Gasteiger partial charge < -0.3 is 15.0 Å². The Labute approximate surface area is 153 Å². The van der Waals surface area contributed by atoms with Crippen LogP contribution in [-0.2, 0) is 6.54 Å². The molecule has 0 saturated heterocycles. The Morgan fingerprint density at radius 2 is 1.85 bits per heavy atom. The summed E-state index contributed by atoms with van der Waals surface area (Å²) in [5.74, 6) is -0.410. The minimum atomic E-state index is -2.90. The Morgan fingerprint density at radius 3 is 2.63 bits per heavy atom. The van der Waals surface area contributed by atoms with E-state index in [1.807, 2.05) is 22.8 Å². The van der Waals surface area contributed by atoms with Crippen LogP contribution in [-0.4, -0.2) is 17.1 Å². The minimum absolute atomic E-state index is 0.119. The highest BCUT2D eigenvalue weighted by Gasteiger charge is 2.17. The van der Waals surface area contributed by atoms with Crippen molar-refractivity contribution in [1.29, 1.82) is 0 Å². The number of fused-ring (bicyclic) bond motifs is 3. The molecule has 0 aliphatic carbocycles. The quantitative estimate of drug-likeness (QED) is 0.572. The lowest BCUT2D eigenvalue weighted by atomic mass is 10.1. The highest BCUT2D eigenvalue weighted by Crippen LogP contribution is 2.33. The number of nitrogens with two attached hydrogens (primary N) is 1. The molecule has 3 aromatic carbocycles. The second-order valence-corrected chi connectivity index (χ2v) is 6.07. The molecule has 4 rings (SSSR count). The van der Waals surface area contributed by atoms with Crippen LogP contribution in [0.2, 0.25) is 0 Å². The summed E-state index contributed by atoms with van der Waals surface area (Å²) >= 11 is 0. The van der Waals surface area contributed by atoms with Gasteiger partial charge >= 0.3 is 6.61 Å². The Bertz CT molecular complexity index is 1150. The molecule has 0 aliphatic rings. The number of carbonyl (C=O) groups is 1. The highest BCUT2D eigenvalue weighted by atomic mass is 19.3. The summed E-state index contributed by atoms with van der Waals surface area (Å²) in [6.45, 7) is -2.61. The van der Waals surface area contributed by atoms with Gasteiger partial charge in [-0.15, -0.1) is 0 Å². The Morgan fingerprint density at radius 1 is 1.07 bits per heavy atom. The molecule has 4 nitrogen and oxygen atoms in total. The van der Waals surface area contributed by atoms with E-state index in [4.69, 9.17) is 5.73 Å². The SMILES string of the molecule is NC(=O)c1cccc2c1c1[c]cccc1n2Cc1ccccc1OC(F)F. The van der Waals surface area contributed by atoms with Crippen molar-refractivity contribution < 1.29 is 18.3 Å². The molecule has 0 aliphatic heterocycles. The van der Waals surface area contributed by atoms with E-state index in [0.29, 0.717) is 23.1 Å². The zero-order valence-corrected chi connectivity index (χ0v) is 14.2. The molecular weight excluding hydrogens is 350 g/mol. The molecule has 6 heteroatoms. The molecule has 4 aromatic rings. The third kappa shape index (κ3) is 2.99. The molecule has 135 valence electrons. The average Bonchev–Trinajstić information content (AvgIpc) is 2.97. The predicted octanol–water partition coefficient (Wildman–Crippen LogP) is 4.34. The first-order chi connectivity index (χ1) is 13.1. The lowest BCUT2D eigenvalue weighted by Crippen LogP contribution is -2.11. The number of aromatic nitrogens is 1. The van der Waals surface area contributed by atoms with E-state index < -0.39 is 12.5 Å². The van der Waals surface area contributed by atoms with Crippen LogP contribution in [0.3, 0.4) is 0 Å². The standard InChI is InChI=1S/C21H15F2N2O2/c22-21(23)27-18-11-4-1-6-13(18)12-25-16-9-3-2-7-14(16)19-15(20(24)26)8-5-10-17(19)25/h1-6,8-11,21H,12H2,(H2,24,26). The Balaban J connectivity index is 1.95. The number of ether oxygens (including phenoxy) is 1. The van der Waals surface area contributed by atoms with Crippen molar-refractivity contribution in [1.82, 2.24) is 4.57 Å². The van der Waals surface area contributed by atoms with Crippen LogP contribution in [0.4, 0.5) is 8.78 Å². The maximum atomic E-state index is 12.7. The van der Waals surface area contributed by atoms with Crippen molar-refractivity contribution in [2.45, 2.75) is 13.2 Å². The summed E-state index contributed by atoms with van der Waals surface area (Å²) in [6, 6.07) is 20.6. The molecule has 0 spiro atoms. The van der Waals surface area contributed by atoms with Crippen molar-refractivity contribution in [3.8, 4) is 5.75 Å². The molecule has 0 unspecified atom stereocenters. The number of para-hydroxylation sites is 1. The van der Waals surface area contributed by atoms with E-state index in [1.165, 1.54) is 6.07 Å². The number of hydrogen-bond donors (Lipinski definition) is 1. The van der Waals surface area contributed by atoms with Gasteiger partial charge in [-0.1, -0.05) is 36.4 Å². The zero-order chi connectivity index (χ0) is 19.0. The van der Waals surface area contributed by atoms with Crippen molar-refractivity contribution >= 4 is 27.7 Å². The van der Waals surface area contributed by atoms with Crippen LogP contribution in [0, 0.1) is 6.07 Å². The number of alkyl halides is 2. The molecule has 27 heavy (non-hydrogen) atoms. The van der Waals surface area contributed by atoms with Gasteiger partial charge in [0.1, 0.15) is 5.75 Å². The third-order valence-electron chi connectivity index (χ3n) is 4.49. The van der Waals surface area contributed by atoms with Gasteiger partial charge in [0, 0.05) is 21.9 Å². The first-order valence-electron chi connectivity index (χ1n) is 8.30. The Kier molecular flexibility index (Phi) is 4.24. The monoisotopic (exact) mass is 365 g/mol. The topological polar surface area (TPSA) is 57.2 Å². The van der Waals surface area contributed by atoms with Crippen LogP contribution < -0.4 is 10.5 Å². The van der Waals surface area contributed by atoms with Crippen LogP contribution in [0.1, 0.15) is 15.9 Å². The maximum absolute atomic E-state index is 12.7. The number of nitrogens with zero attached hydrogens (tertiary/aromatic N) is 1. The van der Waals surface area contributed by atoms with Gasteiger partial charge in [0.2, 0.25) is 5.91 Å². The minimum Gasteiger partial charge on any atom is -0.434 e. The average molecular weight is 365 g/mol. The summed E-state index contributed by atoms with van der Waals surface area (Å²) in [5, 5.41) is 1.46. The molecule has 2 N–H and O–H groups in total. The maximum Gasteiger partial charge on any atom is 0.387 e. The summed E-state index contributed by atoms with van der Waals surface area (Å²) in [4.78, 5) is 11.9. The summed E-state index contributed by atoms with van der Waals surface area (Å²) in [7, 11) is 0. The third-order valence-corrected chi connectivity index (χ3v) is 4.49. The van der Waals surface area contributed by atoms with Crippen molar-refractivity contribution in [2.24, 2.45) is 5.73 Å². The van der Waals surface area contributed by atoms with E-state index in [2.05, 4.69) is 10.8 Å². The van der Waals surface area contributed by atoms with Crippen molar-refractivity contribution in [3.05, 3.63) is 77.9 Å². The number of carbonyl (C=O) groups excluding carboxylic acids is 1. The van der Waals surface area contributed by atoms with Gasteiger partial charge in [0.25, 0.3) is 0 Å². The van der Waals surface area contributed by atoms with Gasteiger partial charge in [-0.3, -0.25) is 4.79 Å². The van der Waals surface area contributed by atoms with Gasteiger partial charge in [-0.05, 0) is 30.3 Å².